The quantitative estimate of drug-likeness (QED) is 0.483. The van der Waals surface area contributed by atoms with Gasteiger partial charge >= 0.3 is 5.97 Å². The molecule has 0 unspecified atom stereocenters. The summed E-state index contributed by atoms with van der Waals surface area (Å²) in [5, 5.41) is 0. The lowest BCUT2D eigenvalue weighted by molar-refractivity contribution is -0.145. The van der Waals surface area contributed by atoms with E-state index in [4.69, 9.17) is 9.47 Å². The number of hydrogen-bond acceptors (Lipinski definition) is 4. The monoisotopic (exact) mass is 321 g/mol. The Hall–Kier alpha value is -0.850. The number of rotatable bonds is 4. The first-order chi connectivity index (χ1) is 7.13. The van der Waals surface area contributed by atoms with Gasteiger partial charge in [0.1, 0.15) is 3.70 Å². The molecule has 1 aromatic rings. The number of pyridine rings is 1. The van der Waals surface area contributed by atoms with Crippen molar-refractivity contribution in [2.45, 2.75) is 13.8 Å². The van der Waals surface area contributed by atoms with E-state index in [9.17, 15) is 4.79 Å². The van der Waals surface area contributed by atoms with Crippen LogP contribution < -0.4 is 4.74 Å². The normalized spacial score (nSPS) is 9.80. The molecular weight excluding hydrogens is 309 g/mol. The third kappa shape index (κ3) is 4.03. The van der Waals surface area contributed by atoms with Crippen LogP contribution in [0.5, 0.6) is 5.75 Å². The van der Waals surface area contributed by atoms with Crippen LogP contribution in [0.4, 0.5) is 0 Å². The van der Waals surface area contributed by atoms with Gasteiger partial charge in [0.2, 0.25) is 0 Å². The van der Waals surface area contributed by atoms with Crippen LogP contribution in [0.3, 0.4) is 0 Å². The zero-order valence-corrected chi connectivity index (χ0v) is 10.8. The van der Waals surface area contributed by atoms with E-state index in [0.29, 0.717) is 12.4 Å². The Kier molecular flexibility index (Phi) is 4.80. The van der Waals surface area contributed by atoms with Gasteiger partial charge in [0.05, 0.1) is 6.61 Å². The van der Waals surface area contributed by atoms with E-state index in [0.717, 1.165) is 9.39 Å². The Morgan fingerprint density at radius 3 is 2.87 bits per heavy atom. The summed E-state index contributed by atoms with van der Waals surface area (Å²) in [4.78, 5) is 15.2. The zero-order valence-electron chi connectivity index (χ0n) is 8.62. The molecule has 82 valence electrons. The lowest BCUT2D eigenvalue weighted by Crippen LogP contribution is -2.15. The molecule has 0 fully saturated rings. The molecule has 0 N–H and O–H groups in total. The van der Waals surface area contributed by atoms with E-state index in [1.807, 2.05) is 13.0 Å². The first-order valence-corrected chi connectivity index (χ1v) is 5.63. The molecule has 0 radical (unpaired) electrons. The highest BCUT2D eigenvalue weighted by atomic mass is 127. The predicted molar refractivity (Wildman–Crippen MR) is 63.8 cm³/mol. The highest BCUT2D eigenvalue weighted by Gasteiger charge is 2.06. The lowest BCUT2D eigenvalue weighted by Gasteiger charge is -2.07. The summed E-state index contributed by atoms with van der Waals surface area (Å²) < 4.78 is 10.7. The molecule has 0 bridgehead atoms. The first kappa shape index (κ1) is 12.2. The minimum Gasteiger partial charge on any atom is -0.479 e. The van der Waals surface area contributed by atoms with Crippen LogP contribution in [-0.2, 0) is 9.53 Å². The third-order valence-electron chi connectivity index (χ3n) is 1.60. The molecule has 0 saturated carbocycles. The maximum atomic E-state index is 11.0. The van der Waals surface area contributed by atoms with Crippen molar-refractivity contribution in [3.05, 3.63) is 21.5 Å². The van der Waals surface area contributed by atoms with Crippen molar-refractivity contribution in [2.24, 2.45) is 0 Å². The molecule has 1 aromatic heterocycles. The Morgan fingerprint density at radius 1 is 1.53 bits per heavy atom. The second-order valence-electron chi connectivity index (χ2n) is 2.84. The van der Waals surface area contributed by atoms with Gasteiger partial charge in [-0.15, -0.1) is 0 Å². The van der Waals surface area contributed by atoms with E-state index in [1.54, 1.807) is 13.0 Å². The van der Waals surface area contributed by atoms with Gasteiger partial charge in [-0.05, 0) is 48.6 Å². The summed E-state index contributed by atoms with van der Waals surface area (Å²) in [6.45, 7) is 3.95. The van der Waals surface area contributed by atoms with Crippen molar-refractivity contribution < 1.29 is 14.3 Å². The van der Waals surface area contributed by atoms with Gasteiger partial charge in [-0.3, -0.25) is 0 Å². The van der Waals surface area contributed by atoms with Crippen LogP contribution >= 0.6 is 22.6 Å². The van der Waals surface area contributed by atoms with Crippen molar-refractivity contribution in [3.63, 3.8) is 0 Å². The summed E-state index contributed by atoms with van der Waals surface area (Å²) >= 11 is 2.07. The fourth-order valence-electron chi connectivity index (χ4n) is 0.959. The first-order valence-electron chi connectivity index (χ1n) is 4.55. The molecule has 0 aromatic carbocycles. The van der Waals surface area contributed by atoms with E-state index in [1.165, 1.54) is 0 Å². The number of esters is 1. The van der Waals surface area contributed by atoms with Gasteiger partial charge in [0, 0.05) is 5.69 Å². The molecule has 0 aliphatic heterocycles. The zero-order chi connectivity index (χ0) is 11.3. The average molecular weight is 321 g/mol. The van der Waals surface area contributed by atoms with Gasteiger partial charge < -0.3 is 9.47 Å². The van der Waals surface area contributed by atoms with E-state index < -0.39 is 0 Å². The average Bonchev–Trinajstić information content (AvgIpc) is 2.17. The smallest absolute Gasteiger partial charge is 0.344 e. The van der Waals surface area contributed by atoms with Gasteiger partial charge in [-0.1, -0.05) is 0 Å². The standard InChI is InChI=1S/C10H12INO3/c1-3-14-9(13)6-15-8-5-4-7(2)12-10(8)11/h4-5H,3,6H2,1-2H3. The summed E-state index contributed by atoms with van der Waals surface area (Å²) in [6.07, 6.45) is 0. The second kappa shape index (κ2) is 5.89. The van der Waals surface area contributed by atoms with Crippen LogP contribution in [-0.4, -0.2) is 24.2 Å². The molecule has 5 heteroatoms. The number of aromatic nitrogens is 1. The number of ether oxygens (including phenoxy) is 2. The Morgan fingerprint density at radius 2 is 2.27 bits per heavy atom. The largest absolute Gasteiger partial charge is 0.479 e. The topological polar surface area (TPSA) is 48.4 Å². The fraction of sp³-hybridized carbons (Fsp3) is 0.400. The van der Waals surface area contributed by atoms with Crippen LogP contribution in [0.25, 0.3) is 0 Å². The number of carbonyl (C=O) groups excluding carboxylic acids is 1. The van der Waals surface area contributed by atoms with Crippen molar-refractivity contribution >= 4 is 28.6 Å². The second-order valence-corrected chi connectivity index (χ2v) is 3.86. The summed E-state index contributed by atoms with van der Waals surface area (Å²) in [5.41, 5.74) is 0.919. The van der Waals surface area contributed by atoms with Crippen molar-refractivity contribution in [1.29, 1.82) is 0 Å². The molecule has 1 heterocycles. The fourth-order valence-corrected chi connectivity index (χ4v) is 1.68. The molecule has 0 aliphatic carbocycles. The summed E-state index contributed by atoms with van der Waals surface area (Å²) in [7, 11) is 0. The van der Waals surface area contributed by atoms with E-state index in [-0.39, 0.29) is 12.6 Å². The van der Waals surface area contributed by atoms with Crippen LogP contribution in [0, 0.1) is 10.6 Å². The van der Waals surface area contributed by atoms with E-state index >= 15 is 0 Å². The van der Waals surface area contributed by atoms with Gasteiger partial charge in [-0.2, -0.15) is 0 Å². The SMILES string of the molecule is CCOC(=O)COc1ccc(C)nc1I. The molecule has 1 rings (SSSR count). The number of halogens is 1. The van der Waals surface area contributed by atoms with E-state index in [2.05, 4.69) is 27.6 Å². The minimum absolute atomic E-state index is 0.0748. The van der Waals surface area contributed by atoms with Crippen LogP contribution in [0.1, 0.15) is 12.6 Å². The molecule has 15 heavy (non-hydrogen) atoms. The van der Waals surface area contributed by atoms with Crippen LogP contribution in [0.15, 0.2) is 12.1 Å². The van der Waals surface area contributed by atoms with Gasteiger partial charge in [0.15, 0.2) is 12.4 Å². The third-order valence-corrected chi connectivity index (χ3v) is 2.38. The number of hydrogen-bond donors (Lipinski definition) is 0. The van der Waals surface area contributed by atoms with Crippen molar-refractivity contribution in [2.75, 3.05) is 13.2 Å². The number of nitrogens with zero attached hydrogens (tertiary/aromatic N) is 1. The van der Waals surface area contributed by atoms with Crippen molar-refractivity contribution in [3.8, 4) is 5.75 Å². The molecule has 0 spiro atoms. The summed E-state index contributed by atoms with van der Waals surface area (Å²) in [5.74, 6) is 0.239. The predicted octanol–water partition coefficient (Wildman–Crippen LogP) is 1.94. The molecule has 4 nitrogen and oxygen atoms in total. The number of carbonyl (C=O) groups is 1. The molecule has 0 aliphatic rings. The van der Waals surface area contributed by atoms with Gasteiger partial charge in [-0.25, -0.2) is 9.78 Å². The van der Waals surface area contributed by atoms with Gasteiger partial charge in [0.25, 0.3) is 0 Å². The van der Waals surface area contributed by atoms with Crippen LogP contribution in [0.2, 0.25) is 0 Å². The lowest BCUT2D eigenvalue weighted by atomic mass is 10.4. The molecule has 0 atom stereocenters. The maximum absolute atomic E-state index is 11.0. The Balaban J connectivity index is 2.54. The highest BCUT2D eigenvalue weighted by Crippen LogP contribution is 2.18. The Bertz CT molecular complexity index is 355. The molecule has 0 amide bonds. The number of aryl methyl sites for hydroxylation is 1. The molecule has 0 saturated heterocycles. The van der Waals surface area contributed by atoms with Crippen molar-refractivity contribution in [1.82, 2.24) is 4.98 Å². The Labute approximate surface area is 102 Å². The summed E-state index contributed by atoms with van der Waals surface area (Å²) in [6, 6.07) is 3.63. The molecular formula is C10H12INO3. The maximum Gasteiger partial charge on any atom is 0.344 e. The minimum atomic E-state index is -0.367. The highest BCUT2D eigenvalue weighted by molar-refractivity contribution is 14.1.